The molecule has 0 heterocycles. The average Bonchev–Trinajstić information content (AvgIpc) is 2.71. The zero-order valence-electron chi connectivity index (χ0n) is 16.2. The highest BCUT2D eigenvalue weighted by Gasteiger charge is 2.17. The van der Waals surface area contributed by atoms with Crippen LogP contribution in [0.3, 0.4) is 0 Å². The van der Waals surface area contributed by atoms with E-state index in [2.05, 4.69) is 31.3 Å². The monoisotopic (exact) mass is 422 g/mol. The fraction of sp³-hybridized carbons (Fsp3) is 0.545. The summed E-state index contributed by atoms with van der Waals surface area (Å²) < 4.78 is 10.5. The number of hydrogen-bond donors (Lipinski definition) is 2. The van der Waals surface area contributed by atoms with Gasteiger partial charge in [0.05, 0.1) is 26.1 Å². The molecule has 0 bridgehead atoms. The van der Waals surface area contributed by atoms with Crippen LogP contribution in [-0.4, -0.2) is 30.4 Å². The van der Waals surface area contributed by atoms with Crippen molar-refractivity contribution >= 4 is 37.2 Å². The van der Waals surface area contributed by atoms with Crippen LogP contribution in [0.1, 0.15) is 62.2 Å². The van der Waals surface area contributed by atoms with E-state index in [-0.39, 0.29) is 28.9 Å². The van der Waals surface area contributed by atoms with Crippen LogP contribution in [0.15, 0.2) is 42.0 Å². The maximum atomic E-state index is 11.9. The molecule has 0 N–H and O–H groups in total. The standard InChI is InChI=1S/C22H30O4S2/c23-21(15-19(27)17-9-3-1-4-10-17)25-13-7-8-14-26-22(24)16-20(28)18-11-5-2-6-12-18/h1,3-4,9-11,19-20,27-28H,2,5-8,12-16H2. The van der Waals surface area contributed by atoms with Crippen LogP contribution in [0.5, 0.6) is 0 Å². The molecular formula is C22H30O4S2. The van der Waals surface area contributed by atoms with E-state index in [0.29, 0.717) is 32.5 Å². The number of hydrogen-bond acceptors (Lipinski definition) is 6. The second kappa shape index (κ2) is 12.9. The lowest BCUT2D eigenvalue weighted by molar-refractivity contribution is -0.146. The first-order valence-electron chi connectivity index (χ1n) is 9.97. The van der Waals surface area contributed by atoms with Gasteiger partial charge in [-0.05, 0) is 44.1 Å². The van der Waals surface area contributed by atoms with Crippen LogP contribution in [0, 0.1) is 0 Å². The Labute approximate surface area is 178 Å². The van der Waals surface area contributed by atoms with E-state index in [1.54, 1.807) is 0 Å². The van der Waals surface area contributed by atoms with Crippen LogP contribution >= 0.6 is 25.3 Å². The molecule has 1 aromatic carbocycles. The lowest BCUT2D eigenvalue weighted by Crippen LogP contribution is -2.15. The van der Waals surface area contributed by atoms with Gasteiger partial charge in [-0.25, -0.2) is 0 Å². The van der Waals surface area contributed by atoms with Gasteiger partial charge in [-0.1, -0.05) is 42.0 Å². The minimum absolute atomic E-state index is 0.0347. The Morgan fingerprint density at radius 1 is 0.893 bits per heavy atom. The minimum atomic E-state index is -0.264. The molecule has 154 valence electrons. The smallest absolute Gasteiger partial charge is 0.307 e. The number of allylic oxidation sites excluding steroid dienone is 1. The van der Waals surface area contributed by atoms with E-state index in [4.69, 9.17) is 9.47 Å². The SMILES string of the molecule is O=C(CC(S)C1=CCCCC1)OCCCCOC(=O)CC(S)c1ccccc1. The average molecular weight is 423 g/mol. The van der Waals surface area contributed by atoms with Gasteiger partial charge in [-0.15, -0.1) is 0 Å². The number of esters is 2. The van der Waals surface area contributed by atoms with Gasteiger partial charge in [-0.3, -0.25) is 9.59 Å². The predicted molar refractivity (Wildman–Crippen MR) is 118 cm³/mol. The maximum absolute atomic E-state index is 11.9. The Kier molecular flexibility index (Phi) is 10.6. The Balaban J connectivity index is 1.51. The van der Waals surface area contributed by atoms with E-state index in [1.807, 2.05) is 30.3 Å². The quantitative estimate of drug-likeness (QED) is 0.225. The van der Waals surface area contributed by atoms with E-state index >= 15 is 0 Å². The highest BCUT2D eigenvalue weighted by Crippen LogP contribution is 2.25. The van der Waals surface area contributed by atoms with E-state index < -0.39 is 0 Å². The molecule has 0 spiro atoms. The van der Waals surface area contributed by atoms with Gasteiger partial charge in [0, 0.05) is 10.5 Å². The van der Waals surface area contributed by atoms with Crippen molar-refractivity contribution in [1.29, 1.82) is 0 Å². The molecule has 1 aliphatic carbocycles. The van der Waals surface area contributed by atoms with Gasteiger partial charge in [0.25, 0.3) is 0 Å². The summed E-state index contributed by atoms with van der Waals surface area (Å²) in [7, 11) is 0. The third-order valence-electron chi connectivity index (χ3n) is 4.72. The largest absolute Gasteiger partial charge is 0.466 e. The molecule has 4 nitrogen and oxygen atoms in total. The number of unbranched alkanes of at least 4 members (excludes halogenated alkanes) is 1. The molecule has 2 atom stereocenters. The Hall–Kier alpha value is -1.40. The first kappa shape index (κ1) is 22.9. The molecule has 1 aromatic rings. The first-order valence-corrected chi connectivity index (χ1v) is 11.0. The van der Waals surface area contributed by atoms with Crippen molar-refractivity contribution in [2.24, 2.45) is 0 Å². The second-order valence-corrected chi connectivity index (χ2v) is 8.27. The zero-order chi connectivity index (χ0) is 20.2. The fourth-order valence-corrected chi connectivity index (χ4v) is 3.80. The Bertz CT molecular complexity index is 645. The predicted octanol–water partition coefficient (Wildman–Crippen LogP) is 5.10. The normalized spacial score (nSPS) is 16.0. The molecule has 28 heavy (non-hydrogen) atoms. The molecule has 6 heteroatoms. The summed E-state index contributed by atoms with van der Waals surface area (Å²) in [6, 6.07) is 9.66. The molecule has 0 saturated carbocycles. The van der Waals surface area contributed by atoms with Gasteiger partial charge in [0.2, 0.25) is 0 Å². The van der Waals surface area contributed by atoms with Crippen molar-refractivity contribution in [3.8, 4) is 0 Å². The molecule has 1 aliphatic rings. The zero-order valence-corrected chi connectivity index (χ0v) is 18.0. The van der Waals surface area contributed by atoms with E-state index in [9.17, 15) is 9.59 Å². The van der Waals surface area contributed by atoms with Crippen LogP contribution in [0.2, 0.25) is 0 Å². The summed E-state index contributed by atoms with van der Waals surface area (Å²) in [6.07, 6.45) is 8.60. The third kappa shape index (κ3) is 8.74. The number of ether oxygens (including phenoxy) is 2. The summed E-state index contributed by atoms with van der Waals surface area (Å²) >= 11 is 8.99. The molecular weight excluding hydrogens is 392 g/mol. The lowest BCUT2D eigenvalue weighted by Gasteiger charge is -2.18. The van der Waals surface area contributed by atoms with Gasteiger partial charge >= 0.3 is 11.9 Å². The highest BCUT2D eigenvalue weighted by molar-refractivity contribution is 7.81. The summed E-state index contributed by atoms with van der Waals surface area (Å²) in [5.74, 6) is -0.483. The lowest BCUT2D eigenvalue weighted by atomic mass is 9.96. The van der Waals surface area contributed by atoms with Crippen molar-refractivity contribution in [1.82, 2.24) is 0 Å². The Morgan fingerprint density at radius 3 is 2.07 bits per heavy atom. The van der Waals surface area contributed by atoms with Crippen molar-refractivity contribution in [2.75, 3.05) is 13.2 Å². The van der Waals surface area contributed by atoms with Crippen LogP contribution in [0.4, 0.5) is 0 Å². The van der Waals surface area contributed by atoms with E-state index in [0.717, 1.165) is 18.4 Å². The van der Waals surface area contributed by atoms with E-state index in [1.165, 1.54) is 18.4 Å². The molecule has 2 rings (SSSR count). The van der Waals surface area contributed by atoms with Crippen molar-refractivity contribution in [3.63, 3.8) is 0 Å². The topological polar surface area (TPSA) is 52.6 Å². The summed E-state index contributed by atoms with van der Waals surface area (Å²) in [6.45, 7) is 0.670. The van der Waals surface area contributed by atoms with Gasteiger partial charge in [0.1, 0.15) is 0 Å². The van der Waals surface area contributed by atoms with Crippen LogP contribution < -0.4 is 0 Å². The molecule has 0 radical (unpaired) electrons. The van der Waals surface area contributed by atoms with Gasteiger partial charge < -0.3 is 9.47 Å². The van der Waals surface area contributed by atoms with Crippen LogP contribution in [-0.2, 0) is 19.1 Å². The molecule has 0 fully saturated rings. The summed E-state index contributed by atoms with van der Waals surface area (Å²) in [5, 5.41) is -0.198. The second-order valence-electron chi connectivity index (χ2n) is 7.02. The summed E-state index contributed by atoms with van der Waals surface area (Å²) in [4.78, 5) is 23.8. The third-order valence-corrected chi connectivity index (χ3v) is 5.72. The molecule has 0 saturated heterocycles. The molecule has 0 aromatic heterocycles. The number of carbonyl (C=O) groups is 2. The van der Waals surface area contributed by atoms with Crippen LogP contribution in [0.25, 0.3) is 0 Å². The Morgan fingerprint density at radius 2 is 1.50 bits per heavy atom. The molecule has 2 unspecified atom stereocenters. The highest BCUT2D eigenvalue weighted by atomic mass is 32.1. The number of carbonyl (C=O) groups excluding carboxylic acids is 2. The van der Waals surface area contributed by atoms with Gasteiger partial charge in [0.15, 0.2) is 0 Å². The number of thiol groups is 2. The molecule has 0 amide bonds. The minimum Gasteiger partial charge on any atom is -0.466 e. The van der Waals surface area contributed by atoms with Crippen molar-refractivity contribution < 1.29 is 19.1 Å². The number of benzene rings is 1. The first-order chi connectivity index (χ1) is 13.6. The maximum Gasteiger partial charge on any atom is 0.307 e. The van der Waals surface area contributed by atoms with Gasteiger partial charge in [-0.2, -0.15) is 25.3 Å². The number of rotatable bonds is 11. The fourth-order valence-electron chi connectivity index (χ4n) is 3.10. The molecule has 0 aliphatic heterocycles. The van der Waals surface area contributed by atoms with Crippen molar-refractivity contribution in [2.45, 2.75) is 61.9 Å². The summed E-state index contributed by atoms with van der Waals surface area (Å²) in [5.41, 5.74) is 2.26. The van der Waals surface area contributed by atoms with Crippen molar-refractivity contribution in [3.05, 3.63) is 47.5 Å².